The molecule has 0 fully saturated rings. The molecule has 0 aromatic heterocycles. The highest BCUT2D eigenvalue weighted by atomic mass is 32.2. The highest BCUT2D eigenvalue weighted by Gasteiger charge is 2.24. The summed E-state index contributed by atoms with van der Waals surface area (Å²) in [6.45, 7) is 3.84. The van der Waals surface area contributed by atoms with Crippen molar-refractivity contribution in [2.75, 3.05) is 26.0 Å². The van der Waals surface area contributed by atoms with Crippen molar-refractivity contribution < 1.29 is 18.2 Å². The van der Waals surface area contributed by atoms with Crippen LogP contribution in [0.1, 0.15) is 25.5 Å². The number of anilines is 1. The first-order chi connectivity index (χ1) is 13.1. The molecule has 8 nitrogen and oxygen atoms in total. The summed E-state index contributed by atoms with van der Waals surface area (Å²) >= 11 is 0. The van der Waals surface area contributed by atoms with Crippen LogP contribution >= 0.6 is 0 Å². The zero-order chi connectivity index (χ0) is 20.9. The smallest absolute Gasteiger partial charge is 0.293 e. The maximum absolute atomic E-state index is 12.3. The molecule has 0 saturated carbocycles. The number of hydrogen-bond acceptors (Lipinski definition) is 5. The normalized spacial score (nSPS) is 12.9. The molecule has 0 amide bonds. The topological polar surface area (TPSA) is 106 Å². The molecule has 0 bridgehead atoms. The van der Waals surface area contributed by atoms with E-state index in [2.05, 4.69) is 10.0 Å². The zero-order valence-electron chi connectivity index (χ0n) is 16.5. The predicted octanol–water partition coefficient (Wildman–Crippen LogP) is 1.58. The Balaban J connectivity index is 2.29. The van der Waals surface area contributed by atoms with E-state index in [0.29, 0.717) is 6.54 Å². The molecular weight excluding hydrogens is 380 g/mol. The lowest BCUT2D eigenvalue weighted by molar-refractivity contribution is -0.890. The summed E-state index contributed by atoms with van der Waals surface area (Å²) in [7, 11) is 0.223. The zero-order valence-corrected chi connectivity index (χ0v) is 17.3. The van der Waals surface area contributed by atoms with Crippen molar-refractivity contribution in [3.63, 3.8) is 0 Å². The van der Waals surface area contributed by atoms with Crippen LogP contribution in [0.2, 0.25) is 0 Å². The second kappa shape index (κ2) is 9.13. The Morgan fingerprint density at radius 1 is 1.11 bits per heavy atom. The number of benzene rings is 2. The molecule has 3 N–H and O–H groups in total. The molecule has 0 saturated heterocycles. The van der Waals surface area contributed by atoms with E-state index >= 15 is 0 Å². The number of nitrogens with zero attached hydrogens (tertiary/aromatic N) is 1. The number of sulfonamides is 1. The lowest BCUT2D eigenvalue weighted by atomic mass is 10.1. The fourth-order valence-electron chi connectivity index (χ4n) is 2.91. The number of nitro benzene ring substituents is 1. The number of rotatable bonds is 9. The summed E-state index contributed by atoms with van der Waals surface area (Å²) in [5, 5.41) is 14.6. The van der Waals surface area contributed by atoms with Gasteiger partial charge in [-0.1, -0.05) is 30.3 Å². The van der Waals surface area contributed by atoms with Crippen LogP contribution in [0.4, 0.5) is 11.4 Å². The second-order valence-corrected chi connectivity index (χ2v) is 8.85. The number of nitrogens with one attached hydrogen (secondary N) is 3. The lowest BCUT2D eigenvalue weighted by Gasteiger charge is -2.22. The van der Waals surface area contributed by atoms with Gasteiger partial charge in [-0.25, -0.2) is 13.1 Å². The van der Waals surface area contributed by atoms with E-state index in [9.17, 15) is 18.5 Å². The minimum absolute atomic E-state index is 0.0758. The number of nitro groups is 1. The quantitative estimate of drug-likeness (QED) is 0.432. The Bertz CT molecular complexity index is 915. The molecule has 152 valence electrons. The van der Waals surface area contributed by atoms with E-state index in [-0.39, 0.29) is 28.4 Å². The third-order valence-corrected chi connectivity index (χ3v) is 5.92. The monoisotopic (exact) mass is 407 g/mol. The maximum atomic E-state index is 12.3. The molecule has 1 atom stereocenters. The van der Waals surface area contributed by atoms with Gasteiger partial charge in [-0.2, -0.15) is 0 Å². The van der Waals surface area contributed by atoms with Crippen LogP contribution in [0, 0.1) is 10.1 Å². The Morgan fingerprint density at radius 3 is 2.29 bits per heavy atom. The maximum Gasteiger partial charge on any atom is 0.293 e. The third kappa shape index (κ3) is 5.51. The fraction of sp³-hybridized carbons (Fsp3) is 0.368. The van der Waals surface area contributed by atoms with Crippen molar-refractivity contribution in [3.8, 4) is 0 Å². The summed E-state index contributed by atoms with van der Waals surface area (Å²) in [6, 6.07) is 13.6. The average molecular weight is 408 g/mol. The minimum atomic E-state index is -3.81. The van der Waals surface area contributed by atoms with Crippen LogP contribution < -0.4 is 14.9 Å². The van der Waals surface area contributed by atoms with Gasteiger partial charge < -0.3 is 10.2 Å². The molecule has 0 aliphatic heterocycles. The first-order valence-electron chi connectivity index (χ1n) is 9.01. The molecular formula is C19H27N4O4S+. The van der Waals surface area contributed by atoms with E-state index < -0.39 is 14.9 Å². The molecule has 0 spiro atoms. The number of quaternary nitrogens is 1. The van der Waals surface area contributed by atoms with Gasteiger partial charge in [0, 0.05) is 17.7 Å². The SMILES string of the molecule is CC(C)NS(=O)(=O)c1ccc(NC[C@@H](c2ccccc2)[NH+](C)C)c([N+](=O)[O-])c1. The van der Waals surface area contributed by atoms with Gasteiger partial charge in [0.05, 0.1) is 30.5 Å². The van der Waals surface area contributed by atoms with Gasteiger partial charge in [0.2, 0.25) is 10.0 Å². The summed E-state index contributed by atoms with van der Waals surface area (Å²) < 4.78 is 27.1. The van der Waals surface area contributed by atoms with Crippen LogP contribution in [-0.2, 0) is 10.0 Å². The van der Waals surface area contributed by atoms with E-state index in [0.717, 1.165) is 11.6 Å². The van der Waals surface area contributed by atoms with Gasteiger partial charge in [0.25, 0.3) is 5.69 Å². The molecule has 0 unspecified atom stereocenters. The molecule has 2 aromatic rings. The van der Waals surface area contributed by atoms with Crippen molar-refractivity contribution in [2.45, 2.75) is 30.8 Å². The highest BCUT2D eigenvalue weighted by Crippen LogP contribution is 2.28. The van der Waals surface area contributed by atoms with Gasteiger partial charge >= 0.3 is 0 Å². The highest BCUT2D eigenvalue weighted by molar-refractivity contribution is 7.89. The van der Waals surface area contributed by atoms with Gasteiger partial charge in [-0.15, -0.1) is 0 Å². The van der Waals surface area contributed by atoms with Gasteiger partial charge in [0.15, 0.2) is 0 Å². The van der Waals surface area contributed by atoms with Crippen LogP contribution in [0.3, 0.4) is 0 Å². The Kier molecular flexibility index (Phi) is 7.11. The lowest BCUT2D eigenvalue weighted by Crippen LogP contribution is -3.06. The van der Waals surface area contributed by atoms with Gasteiger partial charge in [-0.05, 0) is 26.0 Å². The second-order valence-electron chi connectivity index (χ2n) is 7.13. The van der Waals surface area contributed by atoms with Gasteiger partial charge in [-0.3, -0.25) is 10.1 Å². The first kappa shape index (κ1) is 21.8. The summed E-state index contributed by atoms with van der Waals surface area (Å²) in [5.74, 6) is 0. The number of hydrogen-bond donors (Lipinski definition) is 3. The average Bonchev–Trinajstić information content (AvgIpc) is 2.61. The Labute approximate surface area is 165 Å². The summed E-state index contributed by atoms with van der Waals surface area (Å²) in [5.41, 5.74) is 1.13. The van der Waals surface area contributed by atoms with Gasteiger partial charge in [0.1, 0.15) is 11.7 Å². The summed E-state index contributed by atoms with van der Waals surface area (Å²) in [4.78, 5) is 12.0. The van der Waals surface area contributed by atoms with Crippen molar-refractivity contribution in [1.82, 2.24) is 4.72 Å². The molecule has 2 aromatic carbocycles. The first-order valence-corrected chi connectivity index (χ1v) is 10.5. The predicted molar refractivity (Wildman–Crippen MR) is 109 cm³/mol. The minimum Gasteiger partial charge on any atom is -0.373 e. The van der Waals surface area contributed by atoms with Crippen LogP contribution in [-0.4, -0.2) is 40.0 Å². The molecule has 0 radical (unpaired) electrons. The Morgan fingerprint density at radius 2 is 1.75 bits per heavy atom. The Hall–Kier alpha value is -2.49. The van der Waals surface area contributed by atoms with Crippen LogP contribution in [0.25, 0.3) is 0 Å². The van der Waals surface area contributed by atoms with Crippen molar-refractivity contribution in [1.29, 1.82) is 0 Å². The van der Waals surface area contributed by atoms with Crippen molar-refractivity contribution in [2.24, 2.45) is 0 Å². The summed E-state index contributed by atoms with van der Waals surface area (Å²) in [6.07, 6.45) is 0. The van der Waals surface area contributed by atoms with E-state index in [1.165, 1.54) is 17.0 Å². The van der Waals surface area contributed by atoms with Crippen LogP contribution in [0.15, 0.2) is 53.4 Å². The molecule has 9 heteroatoms. The van der Waals surface area contributed by atoms with Crippen LogP contribution in [0.5, 0.6) is 0 Å². The molecule has 0 aliphatic rings. The van der Waals surface area contributed by atoms with E-state index in [4.69, 9.17) is 0 Å². The standard InChI is InChI=1S/C19H26N4O4S/c1-14(2)21-28(26,27)16-10-11-17(18(12-16)23(24)25)20-13-19(22(3)4)15-8-6-5-7-9-15/h5-12,14,19-21H,13H2,1-4H3/p+1/t19-/m0/s1. The van der Waals surface area contributed by atoms with Crippen molar-refractivity contribution in [3.05, 3.63) is 64.2 Å². The molecule has 0 aliphatic carbocycles. The fourth-order valence-corrected chi connectivity index (χ4v) is 4.18. The molecule has 2 rings (SSSR count). The van der Waals surface area contributed by atoms with Crippen molar-refractivity contribution >= 4 is 21.4 Å². The molecule has 0 heterocycles. The number of likely N-dealkylation sites (N-methyl/N-ethyl adjacent to an activating group) is 1. The van der Waals surface area contributed by atoms with E-state index in [1.807, 2.05) is 44.4 Å². The molecule has 28 heavy (non-hydrogen) atoms. The third-order valence-electron chi connectivity index (χ3n) is 4.26. The van der Waals surface area contributed by atoms with E-state index in [1.54, 1.807) is 13.8 Å². The largest absolute Gasteiger partial charge is 0.373 e.